The van der Waals surface area contributed by atoms with Gasteiger partial charge in [0.05, 0.1) is 0 Å². The van der Waals surface area contributed by atoms with Crippen molar-refractivity contribution >= 4 is 17.8 Å². The SMILES string of the molecule is CC(=O)N[C@@H](Cc1ccccc1F)C(=O)N[C@H](Cc1ccc(OCc2ccccc2)cc1)C(=O)O. The summed E-state index contributed by atoms with van der Waals surface area (Å²) in [6, 6.07) is 20.1. The van der Waals surface area contributed by atoms with Gasteiger partial charge < -0.3 is 20.5 Å². The van der Waals surface area contributed by atoms with Gasteiger partial charge in [-0.15, -0.1) is 0 Å². The van der Waals surface area contributed by atoms with Gasteiger partial charge in [0.15, 0.2) is 0 Å². The molecule has 0 heterocycles. The molecule has 2 amide bonds. The molecule has 0 saturated heterocycles. The Balaban J connectivity index is 1.63. The number of carbonyl (C=O) groups is 3. The molecular weight excluding hydrogens is 451 g/mol. The van der Waals surface area contributed by atoms with Crippen molar-refractivity contribution in [3.63, 3.8) is 0 Å². The summed E-state index contributed by atoms with van der Waals surface area (Å²) in [5.41, 5.74) is 1.93. The van der Waals surface area contributed by atoms with Crippen molar-refractivity contribution in [2.45, 2.75) is 38.5 Å². The van der Waals surface area contributed by atoms with E-state index in [1.165, 1.54) is 25.1 Å². The first-order valence-corrected chi connectivity index (χ1v) is 11.1. The Labute approximate surface area is 202 Å². The number of rotatable bonds is 11. The number of aliphatic carboxylic acids is 1. The molecule has 7 nitrogen and oxygen atoms in total. The summed E-state index contributed by atoms with van der Waals surface area (Å²) in [6.45, 7) is 1.64. The van der Waals surface area contributed by atoms with Crippen LogP contribution in [0.4, 0.5) is 4.39 Å². The standard InChI is InChI=1S/C27H27FN2O5/c1-18(31)29-24(16-21-9-5-6-10-23(21)28)26(32)30-25(27(33)34)15-19-11-13-22(14-12-19)35-17-20-7-3-2-4-8-20/h2-14,24-25H,15-17H2,1H3,(H,29,31)(H,30,32)(H,33,34)/t24-,25+/m0/s1. The number of amides is 2. The van der Waals surface area contributed by atoms with Crippen LogP contribution < -0.4 is 15.4 Å². The first kappa shape index (κ1) is 25.4. The van der Waals surface area contributed by atoms with E-state index in [9.17, 15) is 23.9 Å². The van der Waals surface area contributed by atoms with Gasteiger partial charge in [0.1, 0.15) is 30.3 Å². The van der Waals surface area contributed by atoms with E-state index in [0.717, 1.165) is 5.56 Å². The van der Waals surface area contributed by atoms with Crippen LogP contribution in [0.5, 0.6) is 5.75 Å². The topological polar surface area (TPSA) is 105 Å². The van der Waals surface area contributed by atoms with E-state index in [0.29, 0.717) is 17.9 Å². The number of carbonyl (C=O) groups excluding carboxylic acids is 2. The second kappa shape index (κ2) is 12.3. The highest BCUT2D eigenvalue weighted by Gasteiger charge is 2.27. The normalized spacial score (nSPS) is 12.3. The molecule has 0 saturated carbocycles. The minimum absolute atomic E-state index is 0.0204. The average molecular weight is 479 g/mol. The number of hydrogen-bond donors (Lipinski definition) is 3. The van der Waals surface area contributed by atoms with E-state index in [1.54, 1.807) is 30.3 Å². The van der Waals surface area contributed by atoms with Gasteiger partial charge in [-0.25, -0.2) is 9.18 Å². The Kier molecular flexibility index (Phi) is 8.95. The van der Waals surface area contributed by atoms with Crippen LogP contribution in [0.25, 0.3) is 0 Å². The number of carboxylic acid groups (broad SMARTS) is 1. The van der Waals surface area contributed by atoms with Gasteiger partial charge in [-0.3, -0.25) is 9.59 Å². The van der Waals surface area contributed by atoms with Crippen LogP contribution in [-0.4, -0.2) is 35.0 Å². The highest BCUT2D eigenvalue weighted by Crippen LogP contribution is 2.16. The number of benzene rings is 3. The van der Waals surface area contributed by atoms with Gasteiger partial charge in [-0.2, -0.15) is 0 Å². The Morgan fingerprint density at radius 1 is 0.829 bits per heavy atom. The Morgan fingerprint density at radius 2 is 1.49 bits per heavy atom. The molecule has 0 unspecified atom stereocenters. The molecule has 0 aliphatic rings. The van der Waals surface area contributed by atoms with Crippen LogP contribution in [0.3, 0.4) is 0 Å². The predicted octanol–water partition coefficient (Wildman–Crippen LogP) is 3.26. The Bertz CT molecular complexity index is 1150. The van der Waals surface area contributed by atoms with Gasteiger partial charge in [0.2, 0.25) is 11.8 Å². The molecule has 182 valence electrons. The summed E-state index contributed by atoms with van der Waals surface area (Å²) in [7, 11) is 0. The number of carboxylic acids is 1. The lowest BCUT2D eigenvalue weighted by Crippen LogP contribution is -2.52. The fourth-order valence-electron chi connectivity index (χ4n) is 3.51. The second-order valence-corrected chi connectivity index (χ2v) is 8.07. The molecule has 0 fully saturated rings. The smallest absolute Gasteiger partial charge is 0.326 e. The van der Waals surface area contributed by atoms with E-state index in [-0.39, 0.29) is 18.4 Å². The van der Waals surface area contributed by atoms with E-state index >= 15 is 0 Å². The summed E-state index contributed by atoms with van der Waals surface area (Å²) < 4.78 is 19.8. The zero-order valence-corrected chi connectivity index (χ0v) is 19.2. The van der Waals surface area contributed by atoms with Crippen LogP contribution >= 0.6 is 0 Å². The molecule has 0 aliphatic heterocycles. The molecule has 2 atom stereocenters. The molecule has 3 N–H and O–H groups in total. The van der Waals surface area contributed by atoms with Crippen molar-refractivity contribution in [1.82, 2.24) is 10.6 Å². The van der Waals surface area contributed by atoms with Crippen LogP contribution in [0, 0.1) is 5.82 Å². The number of nitrogens with one attached hydrogen (secondary N) is 2. The summed E-state index contributed by atoms with van der Waals surface area (Å²) in [4.78, 5) is 36.3. The van der Waals surface area contributed by atoms with E-state index in [4.69, 9.17) is 4.74 Å². The van der Waals surface area contributed by atoms with E-state index in [2.05, 4.69) is 10.6 Å². The highest BCUT2D eigenvalue weighted by atomic mass is 19.1. The summed E-state index contributed by atoms with van der Waals surface area (Å²) in [5, 5.41) is 14.6. The lowest BCUT2D eigenvalue weighted by molar-refractivity contribution is -0.142. The summed E-state index contributed by atoms with van der Waals surface area (Å²) in [5.74, 6) is -2.31. The first-order valence-electron chi connectivity index (χ1n) is 11.1. The highest BCUT2D eigenvalue weighted by molar-refractivity contribution is 5.90. The van der Waals surface area contributed by atoms with Crippen molar-refractivity contribution in [3.8, 4) is 5.75 Å². The first-order chi connectivity index (χ1) is 16.8. The molecule has 0 aliphatic carbocycles. The zero-order chi connectivity index (χ0) is 25.2. The predicted molar refractivity (Wildman–Crippen MR) is 128 cm³/mol. The van der Waals surface area contributed by atoms with Gasteiger partial charge >= 0.3 is 5.97 Å². The maximum absolute atomic E-state index is 14.1. The molecule has 0 radical (unpaired) electrons. The molecule has 0 aromatic heterocycles. The third kappa shape index (κ3) is 7.96. The third-order valence-electron chi connectivity index (χ3n) is 5.30. The molecule has 8 heteroatoms. The number of hydrogen-bond acceptors (Lipinski definition) is 4. The van der Waals surface area contributed by atoms with Crippen LogP contribution in [-0.2, 0) is 33.8 Å². The Morgan fingerprint density at radius 3 is 2.11 bits per heavy atom. The van der Waals surface area contributed by atoms with Crippen molar-refractivity contribution in [2.75, 3.05) is 0 Å². The molecule has 35 heavy (non-hydrogen) atoms. The maximum Gasteiger partial charge on any atom is 0.326 e. The minimum atomic E-state index is -1.24. The summed E-state index contributed by atoms with van der Waals surface area (Å²) in [6.07, 6.45) is -0.0929. The second-order valence-electron chi connectivity index (χ2n) is 8.07. The molecule has 3 rings (SSSR count). The molecule has 3 aromatic carbocycles. The van der Waals surface area contributed by atoms with Crippen molar-refractivity contribution in [1.29, 1.82) is 0 Å². The monoisotopic (exact) mass is 478 g/mol. The van der Waals surface area contributed by atoms with Crippen molar-refractivity contribution in [3.05, 3.63) is 101 Å². The molecular formula is C27H27FN2O5. The maximum atomic E-state index is 14.1. The number of halogens is 1. The summed E-state index contributed by atoms with van der Waals surface area (Å²) >= 11 is 0. The minimum Gasteiger partial charge on any atom is -0.489 e. The average Bonchev–Trinajstić information content (AvgIpc) is 2.84. The van der Waals surface area contributed by atoms with Gasteiger partial charge in [-0.05, 0) is 34.9 Å². The van der Waals surface area contributed by atoms with Gasteiger partial charge in [-0.1, -0.05) is 60.7 Å². The molecule has 0 bridgehead atoms. The van der Waals surface area contributed by atoms with Gasteiger partial charge in [0, 0.05) is 19.8 Å². The fourth-order valence-corrected chi connectivity index (χ4v) is 3.51. The van der Waals surface area contributed by atoms with Crippen molar-refractivity contribution in [2.24, 2.45) is 0 Å². The molecule has 0 spiro atoms. The van der Waals surface area contributed by atoms with E-state index < -0.39 is 35.7 Å². The molecule has 3 aromatic rings. The van der Waals surface area contributed by atoms with Gasteiger partial charge in [0.25, 0.3) is 0 Å². The fraction of sp³-hybridized carbons (Fsp3) is 0.222. The lowest BCUT2D eigenvalue weighted by atomic mass is 10.0. The van der Waals surface area contributed by atoms with Crippen LogP contribution in [0.2, 0.25) is 0 Å². The quantitative estimate of drug-likeness (QED) is 0.392. The van der Waals surface area contributed by atoms with Crippen LogP contribution in [0.1, 0.15) is 23.6 Å². The van der Waals surface area contributed by atoms with Crippen molar-refractivity contribution < 1.29 is 28.6 Å². The number of ether oxygens (including phenoxy) is 1. The largest absolute Gasteiger partial charge is 0.489 e. The van der Waals surface area contributed by atoms with E-state index in [1.807, 2.05) is 30.3 Å². The van der Waals surface area contributed by atoms with Crippen LogP contribution in [0.15, 0.2) is 78.9 Å². The Hall–Kier alpha value is -4.20. The lowest BCUT2D eigenvalue weighted by Gasteiger charge is -2.21. The third-order valence-corrected chi connectivity index (χ3v) is 5.30. The zero-order valence-electron chi connectivity index (χ0n) is 19.2.